The fourth-order valence-electron chi connectivity index (χ4n) is 2.38. The van der Waals surface area contributed by atoms with Gasteiger partial charge in [-0.25, -0.2) is 4.79 Å². The van der Waals surface area contributed by atoms with Crippen molar-refractivity contribution in [3.63, 3.8) is 0 Å². The van der Waals surface area contributed by atoms with E-state index >= 15 is 0 Å². The Labute approximate surface area is 151 Å². The zero-order chi connectivity index (χ0) is 17.6. The van der Waals surface area contributed by atoms with Gasteiger partial charge in [-0.15, -0.1) is 0 Å². The lowest BCUT2D eigenvalue weighted by Gasteiger charge is -2.16. The van der Waals surface area contributed by atoms with Crippen molar-refractivity contribution in [2.45, 2.75) is 6.54 Å². The third-order valence-corrected chi connectivity index (χ3v) is 4.17. The quantitative estimate of drug-likeness (QED) is 0.628. The Morgan fingerprint density at radius 2 is 1.68 bits per heavy atom. The molecule has 0 atom stereocenters. The minimum Gasteiger partial charge on any atom is -0.410 e. The van der Waals surface area contributed by atoms with E-state index in [1.165, 1.54) is 4.90 Å². The van der Waals surface area contributed by atoms with Gasteiger partial charge in [-0.05, 0) is 42.0 Å². The highest BCUT2D eigenvalue weighted by molar-refractivity contribution is 7.71. The molecule has 25 heavy (non-hydrogen) atoms. The first kappa shape index (κ1) is 16.9. The molecule has 0 N–H and O–H groups in total. The fourth-order valence-corrected chi connectivity index (χ4v) is 2.58. The molecule has 1 aromatic heterocycles. The molecule has 126 valence electrons. The lowest BCUT2D eigenvalue weighted by atomic mass is 10.2. The number of anilines is 1. The Kier molecular flexibility index (Phi) is 5.26. The van der Waals surface area contributed by atoms with E-state index in [0.29, 0.717) is 12.3 Å². The lowest BCUT2D eigenvalue weighted by molar-refractivity contribution is 0.209. The maximum Gasteiger partial charge on any atom is 0.419 e. The number of hydrogen-bond donors (Lipinski definition) is 0. The maximum absolute atomic E-state index is 12.2. The van der Waals surface area contributed by atoms with Crippen LogP contribution in [-0.2, 0) is 6.54 Å². The van der Waals surface area contributed by atoms with Crippen molar-refractivity contribution in [1.82, 2.24) is 4.57 Å². The van der Waals surface area contributed by atoms with E-state index in [0.717, 1.165) is 15.9 Å². The first-order valence-corrected chi connectivity index (χ1v) is 8.29. The molecule has 3 aromatic rings. The Balaban J connectivity index is 1.65. The number of hydrogen-bond acceptors (Lipinski definition) is 3. The van der Waals surface area contributed by atoms with Crippen LogP contribution in [0.3, 0.4) is 0 Å². The molecule has 0 aliphatic rings. The highest BCUT2D eigenvalue weighted by atomic mass is 32.1. The number of pyridine rings is 1. The van der Waals surface area contributed by atoms with Gasteiger partial charge in [0.05, 0.1) is 0 Å². The first-order chi connectivity index (χ1) is 12.1. The highest BCUT2D eigenvalue weighted by Crippen LogP contribution is 2.17. The van der Waals surface area contributed by atoms with E-state index in [4.69, 9.17) is 17.0 Å². The van der Waals surface area contributed by atoms with E-state index in [1.807, 2.05) is 71.4 Å². The van der Waals surface area contributed by atoms with Gasteiger partial charge in [0, 0.05) is 25.5 Å². The molecular weight excluding hydrogens is 332 g/mol. The number of rotatable bonds is 4. The highest BCUT2D eigenvalue weighted by Gasteiger charge is 2.12. The van der Waals surface area contributed by atoms with Crippen molar-refractivity contribution in [3.8, 4) is 5.75 Å². The van der Waals surface area contributed by atoms with Crippen molar-refractivity contribution < 1.29 is 9.53 Å². The molecule has 0 fully saturated rings. The molecule has 0 bridgehead atoms. The molecule has 3 rings (SSSR count). The van der Waals surface area contributed by atoms with Gasteiger partial charge in [0.25, 0.3) is 0 Å². The standard InChI is InChI=1S/C20H18N2O2S/c1-21(17-7-3-2-4-8-17)20(23)24-18-12-10-16(11-13-18)15-22-14-6-5-9-19(22)25/h2-14H,15H2,1H3. The number of carbonyl (C=O) groups is 1. The van der Waals surface area contributed by atoms with E-state index in [2.05, 4.69) is 0 Å². The number of aromatic nitrogens is 1. The van der Waals surface area contributed by atoms with Crippen LogP contribution in [0.15, 0.2) is 79.0 Å². The van der Waals surface area contributed by atoms with Gasteiger partial charge in [0.1, 0.15) is 10.4 Å². The van der Waals surface area contributed by atoms with Gasteiger partial charge >= 0.3 is 6.09 Å². The van der Waals surface area contributed by atoms with Crippen molar-refractivity contribution >= 4 is 24.0 Å². The third kappa shape index (κ3) is 4.33. The monoisotopic (exact) mass is 350 g/mol. The van der Waals surface area contributed by atoms with Crippen LogP contribution < -0.4 is 9.64 Å². The smallest absolute Gasteiger partial charge is 0.410 e. The largest absolute Gasteiger partial charge is 0.419 e. The molecule has 4 nitrogen and oxygen atoms in total. The Morgan fingerprint density at radius 1 is 1.00 bits per heavy atom. The van der Waals surface area contributed by atoms with Gasteiger partial charge in [0.15, 0.2) is 0 Å². The second kappa shape index (κ2) is 7.77. The molecule has 0 saturated carbocycles. The Hall–Kier alpha value is -2.92. The normalized spacial score (nSPS) is 10.3. The van der Waals surface area contributed by atoms with Crippen molar-refractivity contribution in [2.24, 2.45) is 0 Å². The van der Waals surface area contributed by atoms with Crippen molar-refractivity contribution in [1.29, 1.82) is 0 Å². The van der Waals surface area contributed by atoms with Crippen LogP contribution in [0, 0.1) is 4.64 Å². The average molecular weight is 350 g/mol. The number of benzene rings is 2. The summed E-state index contributed by atoms with van der Waals surface area (Å²) in [5.41, 5.74) is 1.86. The SMILES string of the molecule is CN(C(=O)Oc1ccc(Cn2ccccc2=S)cc1)c1ccccc1. The molecule has 2 aromatic carbocycles. The van der Waals surface area contributed by atoms with Crippen LogP contribution in [0.25, 0.3) is 0 Å². The number of carbonyl (C=O) groups excluding carboxylic acids is 1. The molecular formula is C20H18N2O2S. The Bertz CT molecular complexity index is 905. The van der Waals surface area contributed by atoms with Crippen LogP contribution in [0.5, 0.6) is 5.75 Å². The molecule has 5 heteroatoms. The number of nitrogens with zero attached hydrogens (tertiary/aromatic N) is 2. The van der Waals surface area contributed by atoms with Gasteiger partial charge in [0.2, 0.25) is 0 Å². The van der Waals surface area contributed by atoms with Crippen LogP contribution in [0.4, 0.5) is 10.5 Å². The predicted octanol–water partition coefficient (Wildman–Crippen LogP) is 4.90. The fraction of sp³-hybridized carbons (Fsp3) is 0.100. The summed E-state index contributed by atoms with van der Waals surface area (Å²) in [6.07, 6.45) is 1.52. The van der Waals surface area contributed by atoms with Gasteiger partial charge < -0.3 is 9.30 Å². The summed E-state index contributed by atoms with van der Waals surface area (Å²) in [6, 6.07) is 22.6. The summed E-state index contributed by atoms with van der Waals surface area (Å²) in [5, 5.41) is 0. The summed E-state index contributed by atoms with van der Waals surface area (Å²) in [7, 11) is 1.68. The molecule has 1 heterocycles. The first-order valence-electron chi connectivity index (χ1n) is 7.88. The van der Waals surface area contributed by atoms with Crippen molar-refractivity contribution in [2.75, 3.05) is 11.9 Å². The third-order valence-electron chi connectivity index (χ3n) is 3.80. The lowest BCUT2D eigenvalue weighted by Crippen LogP contribution is -2.29. The average Bonchev–Trinajstić information content (AvgIpc) is 2.65. The minimum absolute atomic E-state index is 0.427. The van der Waals surface area contributed by atoms with E-state index in [-0.39, 0.29) is 0 Å². The topological polar surface area (TPSA) is 34.5 Å². The van der Waals surface area contributed by atoms with Crippen LogP contribution in [0.1, 0.15) is 5.56 Å². The molecule has 0 spiro atoms. The van der Waals surface area contributed by atoms with Gasteiger partial charge in [-0.2, -0.15) is 0 Å². The molecule has 0 aliphatic carbocycles. The number of para-hydroxylation sites is 1. The minimum atomic E-state index is -0.427. The van der Waals surface area contributed by atoms with Crippen LogP contribution in [0.2, 0.25) is 0 Å². The Morgan fingerprint density at radius 3 is 2.36 bits per heavy atom. The zero-order valence-corrected chi connectivity index (χ0v) is 14.6. The molecule has 0 radical (unpaired) electrons. The summed E-state index contributed by atoms with van der Waals surface area (Å²) >= 11 is 5.30. The van der Waals surface area contributed by atoms with E-state index in [1.54, 1.807) is 19.2 Å². The molecule has 0 aliphatic heterocycles. The van der Waals surface area contributed by atoms with Crippen LogP contribution in [-0.4, -0.2) is 17.7 Å². The van der Waals surface area contributed by atoms with Gasteiger partial charge in [-0.3, -0.25) is 4.90 Å². The van der Waals surface area contributed by atoms with Gasteiger partial charge in [-0.1, -0.05) is 48.6 Å². The maximum atomic E-state index is 12.2. The zero-order valence-electron chi connectivity index (χ0n) is 13.8. The second-order valence-corrected chi connectivity index (χ2v) is 5.99. The van der Waals surface area contributed by atoms with Crippen LogP contribution >= 0.6 is 12.2 Å². The summed E-state index contributed by atoms with van der Waals surface area (Å²) in [4.78, 5) is 13.7. The number of ether oxygens (including phenoxy) is 1. The van der Waals surface area contributed by atoms with Crippen molar-refractivity contribution in [3.05, 3.63) is 89.2 Å². The molecule has 0 saturated heterocycles. The van der Waals surface area contributed by atoms with E-state index < -0.39 is 6.09 Å². The number of amides is 1. The second-order valence-electron chi connectivity index (χ2n) is 5.57. The molecule has 0 unspecified atom stereocenters. The van der Waals surface area contributed by atoms with E-state index in [9.17, 15) is 4.79 Å². The predicted molar refractivity (Wildman–Crippen MR) is 102 cm³/mol. The summed E-state index contributed by atoms with van der Waals surface area (Å²) < 4.78 is 8.18. The molecule has 1 amide bonds. The summed E-state index contributed by atoms with van der Waals surface area (Å²) in [5.74, 6) is 0.508. The summed E-state index contributed by atoms with van der Waals surface area (Å²) in [6.45, 7) is 0.678.